The van der Waals surface area contributed by atoms with Crippen LogP contribution in [0, 0.1) is 18.3 Å². The number of nitrogens with zero attached hydrogens (tertiary/aromatic N) is 1. The summed E-state index contributed by atoms with van der Waals surface area (Å²) in [4.78, 5) is 12.4. The molecule has 0 fully saturated rings. The van der Waals surface area contributed by atoms with Gasteiger partial charge < -0.3 is 24.7 Å². The topological polar surface area (TPSA) is 104 Å². The summed E-state index contributed by atoms with van der Waals surface area (Å²) in [6.07, 6.45) is 4.68. The molecule has 1 heterocycles. The molecule has 4 rings (SSSR count). The number of aryl methyl sites for hydroxylation is 1. The van der Waals surface area contributed by atoms with Crippen LogP contribution in [-0.2, 0) is 4.79 Å². The van der Waals surface area contributed by atoms with E-state index in [2.05, 4.69) is 12.6 Å². The second-order valence-corrected chi connectivity index (χ2v) is 8.30. The largest absolute Gasteiger partial charge is 0.493 e. The Morgan fingerprint density at radius 1 is 1.14 bits per heavy atom. The van der Waals surface area contributed by atoms with Gasteiger partial charge in [0.2, 0.25) is 5.88 Å². The minimum absolute atomic E-state index is 0.0197. The van der Waals surface area contributed by atoms with Crippen molar-refractivity contribution in [3.63, 3.8) is 0 Å². The molecule has 1 aliphatic rings. The molecule has 0 radical (unpaired) electrons. The Labute approximate surface area is 215 Å². The van der Waals surface area contributed by atoms with Crippen LogP contribution >= 0.6 is 0 Å². The van der Waals surface area contributed by atoms with Crippen molar-refractivity contribution in [2.24, 2.45) is 5.73 Å². The van der Waals surface area contributed by atoms with Gasteiger partial charge >= 0.3 is 5.97 Å². The molecule has 1 atom stereocenters. The van der Waals surface area contributed by atoms with E-state index >= 15 is 0 Å². The second kappa shape index (κ2) is 11.2. The molecule has 0 saturated carbocycles. The minimum Gasteiger partial charge on any atom is -0.493 e. The van der Waals surface area contributed by atoms with Crippen molar-refractivity contribution < 1.29 is 23.7 Å². The first-order valence-electron chi connectivity index (χ1n) is 11.5. The van der Waals surface area contributed by atoms with Gasteiger partial charge in [0.15, 0.2) is 11.5 Å². The van der Waals surface area contributed by atoms with Crippen LogP contribution < -0.4 is 24.7 Å². The van der Waals surface area contributed by atoms with Crippen LogP contribution in [0.3, 0.4) is 0 Å². The van der Waals surface area contributed by atoms with Gasteiger partial charge in [-0.3, -0.25) is 0 Å². The van der Waals surface area contributed by atoms with Gasteiger partial charge in [0.05, 0.1) is 13.0 Å². The smallest absolute Gasteiger partial charge is 0.336 e. The second-order valence-electron chi connectivity index (χ2n) is 8.30. The van der Waals surface area contributed by atoms with Crippen LogP contribution in [0.2, 0.25) is 0 Å². The lowest BCUT2D eigenvalue weighted by Crippen LogP contribution is -2.21. The number of nitrogens with two attached hydrogens (primary N) is 1. The lowest BCUT2D eigenvalue weighted by atomic mass is 9.83. The molecule has 2 N–H and O–H groups in total. The first-order chi connectivity index (χ1) is 17.9. The molecule has 0 amide bonds. The summed E-state index contributed by atoms with van der Waals surface area (Å²) >= 11 is 0. The fourth-order valence-corrected chi connectivity index (χ4v) is 3.97. The van der Waals surface area contributed by atoms with Crippen molar-refractivity contribution in [2.75, 3.05) is 13.7 Å². The number of benzene rings is 3. The highest BCUT2D eigenvalue weighted by Gasteiger charge is 2.31. The summed E-state index contributed by atoms with van der Waals surface area (Å²) in [6.45, 7) is 5.98. The van der Waals surface area contributed by atoms with E-state index in [0.29, 0.717) is 29.4 Å². The number of carbonyl (C=O) groups excluding carboxylic acids is 1. The molecule has 7 nitrogen and oxygen atoms in total. The number of methoxy groups -OCH3 is 1. The van der Waals surface area contributed by atoms with Crippen molar-refractivity contribution in [1.29, 1.82) is 5.26 Å². The van der Waals surface area contributed by atoms with Crippen LogP contribution in [0.5, 0.6) is 23.0 Å². The Morgan fingerprint density at radius 2 is 1.92 bits per heavy atom. The molecule has 7 heteroatoms. The minimum atomic E-state index is -0.533. The van der Waals surface area contributed by atoms with E-state index in [1.165, 1.54) is 6.08 Å². The van der Waals surface area contributed by atoms with E-state index in [1.807, 2.05) is 37.3 Å². The normalized spacial score (nSPS) is 14.4. The lowest BCUT2D eigenvalue weighted by Gasteiger charge is -2.27. The number of allylic oxidation sites excluding steroid dienone is 1. The zero-order valence-electron chi connectivity index (χ0n) is 20.6. The van der Waals surface area contributed by atoms with E-state index in [9.17, 15) is 10.1 Å². The number of nitriles is 1. The van der Waals surface area contributed by atoms with Crippen molar-refractivity contribution in [1.82, 2.24) is 0 Å². The maximum atomic E-state index is 12.4. The summed E-state index contributed by atoms with van der Waals surface area (Å²) in [5.41, 5.74) is 9.86. The molecule has 186 valence electrons. The van der Waals surface area contributed by atoms with Gasteiger partial charge in [-0.2, -0.15) is 5.26 Å². The van der Waals surface area contributed by atoms with Crippen LogP contribution in [0.15, 0.2) is 90.9 Å². The summed E-state index contributed by atoms with van der Waals surface area (Å²) in [5.74, 6) is 0.671. The van der Waals surface area contributed by atoms with Crippen molar-refractivity contribution in [2.45, 2.75) is 12.8 Å². The van der Waals surface area contributed by atoms with Crippen molar-refractivity contribution >= 4 is 12.0 Å². The SMILES string of the molecule is C=CCOc1ccc(C2C(C#N)=C(N)Oc3cc(OC(=O)/C=C/c4ccc(C)cc4)ccc32)cc1OC. The van der Waals surface area contributed by atoms with Gasteiger partial charge in [-0.25, -0.2) is 4.79 Å². The van der Waals surface area contributed by atoms with Crippen LogP contribution in [0.1, 0.15) is 28.2 Å². The molecular formula is C30H26N2O5. The standard InChI is InChI=1S/C30H26N2O5/c1-4-15-35-25-13-10-21(16-27(25)34-3)29-23-12-11-22(17-26(23)37-30(32)24(29)18-31)36-28(33)14-9-20-7-5-19(2)6-8-20/h4-14,16-17,29H,1,15,32H2,2-3H3/b14-9+. The van der Waals surface area contributed by atoms with E-state index in [0.717, 1.165) is 16.7 Å². The predicted molar refractivity (Wildman–Crippen MR) is 140 cm³/mol. The Bertz CT molecular complexity index is 1430. The summed E-state index contributed by atoms with van der Waals surface area (Å²) in [6, 6.07) is 20.3. The molecule has 0 aliphatic carbocycles. The van der Waals surface area contributed by atoms with E-state index in [4.69, 9.17) is 24.7 Å². The first-order valence-corrected chi connectivity index (χ1v) is 11.5. The third-order valence-corrected chi connectivity index (χ3v) is 5.78. The van der Waals surface area contributed by atoms with E-state index in [-0.39, 0.29) is 17.2 Å². The zero-order chi connectivity index (χ0) is 26.4. The Kier molecular flexibility index (Phi) is 7.60. The number of rotatable bonds is 8. The van der Waals surface area contributed by atoms with Crippen molar-refractivity contribution in [3.05, 3.63) is 113 Å². The number of hydrogen-bond donors (Lipinski definition) is 1. The molecule has 3 aromatic rings. The molecule has 0 spiro atoms. The highest BCUT2D eigenvalue weighted by Crippen LogP contribution is 2.45. The number of esters is 1. The Morgan fingerprint density at radius 3 is 2.62 bits per heavy atom. The average molecular weight is 495 g/mol. The van der Waals surface area contributed by atoms with Gasteiger partial charge in [-0.1, -0.05) is 54.6 Å². The zero-order valence-corrected chi connectivity index (χ0v) is 20.6. The third kappa shape index (κ3) is 5.65. The number of fused-ring (bicyclic) bond motifs is 1. The third-order valence-electron chi connectivity index (χ3n) is 5.78. The maximum absolute atomic E-state index is 12.4. The summed E-state index contributed by atoms with van der Waals surface area (Å²) < 4.78 is 22.4. The molecule has 1 aliphatic heterocycles. The molecule has 0 bridgehead atoms. The highest BCUT2D eigenvalue weighted by molar-refractivity contribution is 5.88. The molecule has 3 aromatic carbocycles. The fraction of sp³-hybridized carbons (Fsp3) is 0.133. The molecule has 0 aromatic heterocycles. The van der Waals surface area contributed by atoms with Crippen molar-refractivity contribution in [3.8, 4) is 29.1 Å². The summed E-state index contributed by atoms with van der Waals surface area (Å²) in [7, 11) is 1.54. The monoisotopic (exact) mass is 494 g/mol. The Balaban J connectivity index is 1.61. The summed E-state index contributed by atoms with van der Waals surface area (Å²) in [5, 5.41) is 9.85. The molecule has 37 heavy (non-hydrogen) atoms. The quantitative estimate of drug-likeness (QED) is 0.193. The molecule has 0 saturated heterocycles. The molecular weight excluding hydrogens is 468 g/mol. The number of carbonyl (C=O) groups is 1. The Hall–Kier alpha value is -4.96. The van der Waals surface area contributed by atoms with Gasteiger partial charge in [-0.15, -0.1) is 0 Å². The highest BCUT2D eigenvalue weighted by atomic mass is 16.5. The van der Waals surface area contributed by atoms with Gasteiger partial charge in [0.1, 0.15) is 29.7 Å². The van der Waals surface area contributed by atoms with E-state index < -0.39 is 11.9 Å². The lowest BCUT2D eigenvalue weighted by molar-refractivity contribution is -0.128. The van der Waals surface area contributed by atoms with Gasteiger partial charge in [0.25, 0.3) is 0 Å². The predicted octanol–water partition coefficient (Wildman–Crippen LogP) is 5.41. The molecule has 1 unspecified atom stereocenters. The number of hydrogen-bond acceptors (Lipinski definition) is 7. The van der Waals surface area contributed by atoms with Gasteiger partial charge in [-0.05, 0) is 42.3 Å². The van der Waals surface area contributed by atoms with Crippen LogP contribution in [0.4, 0.5) is 0 Å². The fourth-order valence-electron chi connectivity index (χ4n) is 3.97. The average Bonchev–Trinajstić information content (AvgIpc) is 2.90. The van der Waals surface area contributed by atoms with Crippen LogP contribution in [0.25, 0.3) is 6.08 Å². The van der Waals surface area contributed by atoms with E-state index in [1.54, 1.807) is 49.6 Å². The number of ether oxygens (including phenoxy) is 4. The first kappa shape index (κ1) is 25.1. The van der Waals surface area contributed by atoms with Crippen LogP contribution in [-0.4, -0.2) is 19.7 Å². The maximum Gasteiger partial charge on any atom is 0.336 e. The van der Waals surface area contributed by atoms with Gasteiger partial charge in [0, 0.05) is 17.7 Å².